The number of phenols is 1. The van der Waals surface area contributed by atoms with E-state index in [9.17, 15) is 14.7 Å². The third-order valence-corrected chi connectivity index (χ3v) is 6.35. The Bertz CT molecular complexity index is 1520. The number of fused-ring (bicyclic) bond motifs is 4. The minimum atomic E-state index is -0.472. The fourth-order valence-corrected chi connectivity index (χ4v) is 4.65. The zero-order valence-corrected chi connectivity index (χ0v) is 18.4. The average Bonchev–Trinajstić information content (AvgIpc) is 2.84. The van der Waals surface area contributed by atoms with E-state index in [0.717, 1.165) is 5.56 Å². The molecule has 3 aromatic carbocycles. The molecule has 2 aliphatic rings. The van der Waals surface area contributed by atoms with Crippen molar-refractivity contribution in [1.29, 1.82) is 0 Å². The van der Waals surface area contributed by atoms with Gasteiger partial charge >= 0.3 is 5.97 Å². The lowest BCUT2D eigenvalue weighted by Gasteiger charge is -2.27. The number of rotatable bonds is 2. The van der Waals surface area contributed by atoms with Crippen molar-refractivity contribution in [2.75, 3.05) is 13.2 Å². The summed E-state index contributed by atoms with van der Waals surface area (Å²) in [6.45, 7) is 0.898. The lowest BCUT2D eigenvalue weighted by molar-refractivity contribution is -0.135. The number of carbonyl (C=O) groups excluding carboxylic acids is 1. The van der Waals surface area contributed by atoms with Crippen LogP contribution in [0.15, 0.2) is 64.0 Å². The number of phenolic OH excluding ortho intramolecular Hbond substituents is 1. The van der Waals surface area contributed by atoms with E-state index in [0.29, 0.717) is 40.9 Å². The number of carbonyl (C=O) groups is 1. The van der Waals surface area contributed by atoms with Gasteiger partial charge in [0.15, 0.2) is 11.5 Å². The Hall–Kier alpha value is -3.97. The average molecular weight is 477 g/mol. The number of halogens is 1. The number of hydrogen-bond acceptors (Lipinski definition) is 7. The largest absolute Gasteiger partial charge is 0.507 e. The van der Waals surface area contributed by atoms with Gasteiger partial charge in [0, 0.05) is 22.6 Å². The normalized spacial score (nSPS) is 16.7. The van der Waals surface area contributed by atoms with Gasteiger partial charge < -0.3 is 23.7 Å². The Labute approximate surface area is 198 Å². The van der Waals surface area contributed by atoms with Crippen molar-refractivity contribution in [3.8, 4) is 34.1 Å². The van der Waals surface area contributed by atoms with Gasteiger partial charge in [0.1, 0.15) is 41.9 Å². The predicted octanol–water partition coefficient (Wildman–Crippen LogP) is 5.03. The Balaban J connectivity index is 1.56. The molecule has 1 atom stereocenters. The molecule has 8 heteroatoms. The van der Waals surface area contributed by atoms with Gasteiger partial charge in [-0.15, -0.1) is 0 Å². The van der Waals surface area contributed by atoms with Crippen LogP contribution >= 0.6 is 11.6 Å². The van der Waals surface area contributed by atoms with Gasteiger partial charge in [0.2, 0.25) is 5.43 Å². The maximum atomic E-state index is 13.4. The number of hydrogen-bond donors (Lipinski definition) is 1. The van der Waals surface area contributed by atoms with Crippen LogP contribution in [0.25, 0.3) is 22.1 Å². The monoisotopic (exact) mass is 476 g/mol. The molecule has 0 spiro atoms. The maximum absolute atomic E-state index is 13.4. The highest BCUT2D eigenvalue weighted by molar-refractivity contribution is 6.30. The smallest absolute Gasteiger partial charge is 0.312 e. The number of aromatic hydroxyl groups is 1. The first-order valence-corrected chi connectivity index (χ1v) is 11.0. The van der Waals surface area contributed by atoms with Crippen molar-refractivity contribution in [1.82, 2.24) is 0 Å². The van der Waals surface area contributed by atoms with Crippen molar-refractivity contribution in [3.63, 3.8) is 0 Å². The molecule has 0 amide bonds. The van der Waals surface area contributed by atoms with Crippen molar-refractivity contribution < 1.29 is 28.5 Å². The standard InChI is InChI=1S/C26H17ClO7/c27-15-4-1-13(2-5-15)17-12-33-26-23-16(14-3-6-19-20(9-14)32-8-7-31-19)10-22(29)34-21(23)11-18(28)24(26)25(17)30/h1-6,9,11-12,16,28H,7-8,10H2. The molecule has 2 aliphatic heterocycles. The first-order valence-electron chi connectivity index (χ1n) is 10.7. The summed E-state index contributed by atoms with van der Waals surface area (Å²) in [7, 11) is 0. The van der Waals surface area contributed by atoms with Crippen molar-refractivity contribution in [2.24, 2.45) is 0 Å². The van der Waals surface area contributed by atoms with E-state index in [1.165, 1.54) is 12.3 Å². The van der Waals surface area contributed by atoms with Crippen LogP contribution in [0.1, 0.15) is 23.5 Å². The van der Waals surface area contributed by atoms with E-state index in [4.69, 9.17) is 30.2 Å². The van der Waals surface area contributed by atoms with Crippen LogP contribution in [0.4, 0.5) is 0 Å². The molecule has 0 saturated carbocycles. The Morgan fingerprint density at radius 3 is 2.47 bits per heavy atom. The summed E-state index contributed by atoms with van der Waals surface area (Å²) in [5.74, 6) is 0.116. The van der Waals surface area contributed by atoms with Gasteiger partial charge in [-0.3, -0.25) is 9.59 Å². The molecule has 1 aromatic heterocycles. The van der Waals surface area contributed by atoms with Crippen molar-refractivity contribution in [3.05, 3.63) is 81.2 Å². The van der Waals surface area contributed by atoms with Crippen molar-refractivity contribution >= 4 is 28.5 Å². The Kier molecular flexibility index (Phi) is 4.74. The fraction of sp³-hybridized carbons (Fsp3) is 0.154. The minimum Gasteiger partial charge on any atom is -0.507 e. The van der Waals surface area contributed by atoms with Gasteiger partial charge in [-0.2, -0.15) is 0 Å². The van der Waals surface area contributed by atoms with E-state index >= 15 is 0 Å². The van der Waals surface area contributed by atoms with Gasteiger partial charge in [-0.25, -0.2) is 0 Å². The minimum absolute atomic E-state index is 0.0201. The molecule has 0 saturated heterocycles. The van der Waals surface area contributed by atoms with Gasteiger partial charge in [-0.1, -0.05) is 29.8 Å². The molecule has 170 valence electrons. The SMILES string of the molecule is O=C1CC(c2ccc3c(c2)OCCO3)c2c(cc(O)c3c(=O)c(-c4ccc(Cl)cc4)coc23)O1. The predicted molar refractivity (Wildman–Crippen MR) is 124 cm³/mol. The topological polar surface area (TPSA) is 95.2 Å². The third-order valence-electron chi connectivity index (χ3n) is 6.09. The molecule has 34 heavy (non-hydrogen) atoms. The summed E-state index contributed by atoms with van der Waals surface area (Å²) >= 11 is 5.97. The molecule has 6 rings (SSSR count). The molecule has 0 fully saturated rings. The quantitative estimate of drug-likeness (QED) is 0.320. The summed E-state index contributed by atoms with van der Waals surface area (Å²) in [5.41, 5.74) is 1.95. The Morgan fingerprint density at radius 1 is 0.912 bits per heavy atom. The molecular formula is C26H17ClO7. The highest BCUT2D eigenvalue weighted by Crippen LogP contribution is 2.47. The second-order valence-corrected chi connectivity index (χ2v) is 8.57. The molecule has 0 bridgehead atoms. The first kappa shape index (κ1) is 20.6. The van der Waals surface area contributed by atoms with Crippen molar-refractivity contribution in [2.45, 2.75) is 12.3 Å². The van der Waals surface area contributed by atoms with E-state index < -0.39 is 17.3 Å². The second-order valence-electron chi connectivity index (χ2n) is 8.13. The summed E-state index contributed by atoms with van der Waals surface area (Å²) in [6, 6.07) is 13.5. The van der Waals surface area contributed by atoms with Crippen LogP contribution in [0.5, 0.6) is 23.0 Å². The van der Waals surface area contributed by atoms with E-state index in [1.807, 2.05) is 12.1 Å². The summed E-state index contributed by atoms with van der Waals surface area (Å²) in [4.78, 5) is 25.8. The van der Waals surface area contributed by atoms with Gasteiger partial charge in [0.05, 0.1) is 12.0 Å². The van der Waals surface area contributed by atoms with E-state index in [2.05, 4.69) is 0 Å². The zero-order chi connectivity index (χ0) is 23.4. The number of ether oxygens (including phenoxy) is 3. The summed E-state index contributed by atoms with van der Waals surface area (Å²) in [5, 5.41) is 11.3. The molecular weight excluding hydrogens is 460 g/mol. The highest BCUT2D eigenvalue weighted by Gasteiger charge is 2.34. The number of esters is 1. The van der Waals surface area contributed by atoms with Crippen LogP contribution < -0.4 is 19.6 Å². The molecule has 0 aliphatic carbocycles. The van der Waals surface area contributed by atoms with Crippen LogP contribution in [0.3, 0.4) is 0 Å². The third kappa shape index (κ3) is 3.28. The summed E-state index contributed by atoms with van der Waals surface area (Å²) < 4.78 is 22.7. The molecule has 1 N–H and O–H groups in total. The maximum Gasteiger partial charge on any atom is 0.312 e. The van der Waals surface area contributed by atoms with Crippen LogP contribution in [0.2, 0.25) is 5.02 Å². The number of benzene rings is 3. The van der Waals surface area contributed by atoms with Crippen LogP contribution in [-0.2, 0) is 4.79 Å². The molecule has 4 aromatic rings. The molecule has 1 unspecified atom stereocenters. The second kappa shape index (κ2) is 7.81. The van der Waals surface area contributed by atoms with E-state index in [1.54, 1.807) is 30.3 Å². The first-order chi connectivity index (χ1) is 16.5. The van der Waals surface area contributed by atoms with Gasteiger partial charge in [0.25, 0.3) is 0 Å². The summed E-state index contributed by atoms with van der Waals surface area (Å²) in [6.07, 6.45) is 1.39. The van der Waals surface area contributed by atoms with Crippen LogP contribution in [-0.4, -0.2) is 24.3 Å². The highest BCUT2D eigenvalue weighted by atomic mass is 35.5. The van der Waals surface area contributed by atoms with Crippen LogP contribution in [0, 0.1) is 0 Å². The van der Waals surface area contributed by atoms with E-state index in [-0.39, 0.29) is 34.5 Å². The lowest BCUT2D eigenvalue weighted by Crippen LogP contribution is -2.22. The fourth-order valence-electron chi connectivity index (χ4n) is 4.52. The molecule has 7 nitrogen and oxygen atoms in total. The van der Waals surface area contributed by atoms with Gasteiger partial charge in [-0.05, 0) is 35.4 Å². The zero-order valence-electron chi connectivity index (χ0n) is 17.7. The lowest BCUT2D eigenvalue weighted by atomic mass is 9.84. The molecule has 3 heterocycles. The molecule has 0 radical (unpaired) electrons. The Morgan fingerprint density at radius 2 is 1.68 bits per heavy atom.